The summed E-state index contributed by atoms with van der Waals surface area (Å²) < 4.78 is 15.1. The van der Waals surface area contributed by atoms with Crippen molar-refractivity contribution in [2.24, 2.45) is 0 Å². The molecule has 0 bridgehead atoms. The molecule has 0 fully saturated rings. The van der Waals surface area contributed by atoms with Gasteiger partial charge in [-0.2, -0.15) is 0 Å². The summed E-state index contributed by atoms with van der Waals surface area (Å²) in [4.78, 5) is 12.9. The summed E-state index contributed by atoms with van der Waals surface area (Å²) in [5, 5.41) is 13.1. The molecule has 38 heavy (non-hydrogen) atoms. The average Bonchev–Trinajstić information content (AvgIpc) is 3.35. The monoisotopic (exact) mass is 562 g/mol. The van der Waals surface area contributed by atoms with E-state index in [1.807, 2.05) is 42.5 Å². The number of halogens is 3. The van der Waals surface area contributed by atoms with Crippen molar-refractivity contribution in [3.63, 3.8) is 0 Å². The van der Waals surface area contributed by atoms with Gasteiger partial charge in [-0.1, -0.05) is 89.6 Å². The Kier molecular flexibility index (Phi) is 8.08. The van der Waals surface area contributed by atoms with Gasteiger partial charge in [0.1, 0.15) is 5.82 Å². The summed E-state index contributed by atoms with van der Waals surface area (Å²) in [6.07, 6.45) is 0. The summed E-state index contributed by atoms with van der Waals surface area (Å²) >= 11 is 14.2. The summed E-state index contributed by atoms with van der Waals surface area (Å²) in [6, 6.07) is 28.8. The Bertz CT molecular complexity index is 1560. The molecule has 0 atom stereocenters. The van der Waals surface area contributed by atoms with Crippen molar-refractivity contribution in [3.05, 3.63) is 130 Å². The molecular weight excluding hydrogens is 542 g/mol. The van der Waals surface area contributed by atoms with E-state index >= 15 is 0 Å². The maximum absolute atomic E-state index is 13.3. The third-order valence-corrected chi connectivity index (χ3v) is 7.35. The lowest BCUT2D eigenvalue weighted by Gasteiger charge is -2.13. The molecule has 0 radical (unpaired) electrons. The second-order valence-electron chi connectivity index (χ2n) is 8.37. The van der Waals surface area contributed by atoms with E-state index in [1.165, 1.54) is 23.9 Å². The lowest BCUT2D eigenvalue weighted by Crippen LogP contribution is -2.24. The quantitative estimate of drug-likeness (QED) is 0.198. The van der Waals surface area contributed by atoms with Crippen LogP contribution >= 0.6 is 35.0 Å². The van der Waals surface area contributed by atoms with Crippen LogP contribution in [-0.2, 0) is 12.3 Å². The first-order valence-corrected chi connectivity index (χ1v) is 13.4. The number of hydrogen-bond acceptors (Lipinski definition) is 4. The minimum absolute atomic E-state index is 0.117. The largest absolute Gasteiger partial charge is 0.345 e. The summed E-state index contributed by atoms with van der Waals surface area (Å²) in [6.45, 7) is 0.117. The van der Waals surface area contributed by atoms with Crippen LogP contribution in [0.5, 0.6) is 0 Å². The number of rotatable bonds is 8. The number of benzene rings is 4. The van der Waals surface area contributed by atoms with Crippen LogP contribution in [0.15, 0.2) is 102 Å². The van der Waals surface area contributed by atoms with Crippen LogP contribution < -0.4 is 5.32 Å². The fraction of sp³-hybridized carbons (Fsp3) is 0.0690. The molecule has 5 nitrogen and oxygen atoms in total. The lowest BCUT2D eigenvalue weighted by atomic mass is 10.0. The first kappa shape index (κ1) is 26.0. The van der Waals surface area contributed by atoms with Crippen LogP contribution in [0.3, 0.4) is 0 Å². The fourth-order valence-corrected chi connectivity index (χ4v) is 5.13. The van der Waals surface area contributed by atoms with Crippen LogP contribution in [0.4, 0.5) is 4.39 Å². The van der Waals surface area contributed by atoms with E-state index in [0.717, 1.165) is 16.7 Å². The lowest BCUT2D eigenvalue weighted by molar-refractivity contribution is 0.0949. The molecule has 0 aliphatic heterocycles. The molecule has 9 heteroatoms. The van der Waals surface area contributed by atoms with Gasteiger partial charge in [0.15, 0.2) is 11.0 Å². The predicted molar refractivity (Wildman–Crippen MR) is 150 cm³/mol. The van der Waals surface area contributed by atoms with Crippen molar-refractivity contribution in [2.45, 2.75) is 17.5 Å². The SMILES string of the molecule is O=C(NCc1nnc(SCc2ccc(F)cc2)n1-c1cc(Cl)ccc1Cl)c1ccc(-c2ccccc2)cc1. The first-order valence-electron chi connectivity index (χ1n) is 11.7. The summed E-state index contributed by atoms with van der Waals surface area (Å²) in [5.41, 5.74) is 4.17. The number of thioether (sulfide) groups is 1. The molecule has 0 spiro atoms. The van der Waals surface area contributed by atoms with Crippen LogP contribution in [0.25, 0.3) is 16.8 Å². The predicted octanol–water partition coefficient (Wildman–Crippen LogP) is 7.60. The number of nitrogens with zero attached hydrogens (tertiary/aromatic N) is 3. The Balaban J connectivity index is 1.36. The Labute approximate surface area is 233 Å². The molecule has 4 aromatic carbocycles. The Morgan fingerprint density at radius 2 is 1.58 bits per heavy atom. The second-order valence-corrected chi connectivity index (χ2v) is 10.2. The highest BCUT2D eigenvalue weighted by Gasteiger charge is 2.18. The van der Waals surface area contributed by atoms with Crippen LogP contribution in [0, 0.1) is 5.82 Å². The zero-order chi connectivity index (χ0) is 26.5. The van der Waals surface area contributed by atoms with Crippen LogP contribution in [-0.4, -0.2) is 20.7 Å². The third-order valence-electron chi connectivity index (χ3n) is 5.79. The van der Waals surface area contributed by atoms with Crippen LogP contribution in [0.1, 0.15) is 21.7 Å². The highest BCUT2D eigenvalue weighted by atomic mass is 35.5. The van der Waals surface area contributed by atoms with Crippen molar-refractivity contribution in [3.8, 4) is 16.8 Å². The van der Waals surface area contributed by atoms with E-state index in [-0.39, 0.29) is 18.3 Å². The number of nitrogens with one attached hydrogen (secondary N) is 1. The number of aromatic nitrogens is 3. The normalized spacial score (nSPS) is 10.9. The molecule has 0 unspecified atom stereocenters. The zero-order valence-corrected chi connectivity index (χ0v) is 22.3. The molecule has 1 aromatic heterocycles. The van der Waals surface area contributed by atoms with Gasteiger partial charge >= 0.3 is 0 Å². The van der Waals surface area contributed by atoms with E-state index < -0.39 is 0 Å². The van der Waals surface area contributed by atoms with Crippen LogP contribution in [0.2, 0.25) is 10.0 Å². The highest BCUT2D eigenvalue weighted by molar-refractivity contribution is 7.98. The van der Waals surface area contributed by atoms with E-state index in [9.17, 15) is 9.18 Å². The highest BCUT2D eigenvalue weighted by Crippen LogP contribution is 2.31. The molecule has 5 rings (SSSR count). The molecule has 0 aliphatic carbocycles. The van der Waals surface area contributed by atoms with E-state index in [1.54, 1.807) is 47.0 Å². The second kappa shape index (κ2) is 11.8. The number of amides is 1. The topological polar surface area (TPSA) is 59.8 Å². The molecule has 1 N–H and O–H groups in total. The van der Waals surface area contributed by atoms with Gasteiger partial charge in [0.2, 0.25) is 0 Å². The van der Waals surface area contributed by atoms with Gasteiger partial charge in [-0.25, -0.2) is 4.39 Å². The maximum atomic E-state index is 13.3. The standard InChI is InChI=1S/C29H21Cl2FN4OS/c30-23-12-15-25(31)26(16-23)36-27(34-35-29(36)38-18-19-6-13-24(32)14-7-19)17-33-28(37)22-10-8-21(9-11-22)20-4-2-1-3-5-20/h1-16H,17-18H2,(H,33,37). The van der Waals surface area contributed by atoms with Gasteiger partial charge in [-0.3, -0.25) is 9.36 Å². The van der Waals surface area contributed by atoms with Crippen molar-refractivity contribution < 1.29 is 9.18 Å². The molecule has 1 heterocycles. The van der Waals surface area contributed by atoms with Gasteiger partial charge in [0.25, 0.3) is 5.91 Å². The van der Waals surface area contributed by atoms with Gasteiger partial charge in [-0.15, -0.1) is 10.2 Å². The molecule has 0 saturated heterocycles. The van der Waals surface area contributed by atoms with Gasteiger partial charge < -0.3 is 5.32 Å². The van der Waals surface area contributed by atoms with Crippen molar-refractivity contribution in [2.75, 3.05) is 0 Å². The Hall–Kier alpha value is -3.65. The minimum atomic E-state index is -0.291. The van der Waals surface area contributed by atoms with Gasteiger partial charge in [0.05, 0.1) is 17.3 Å². The number of hydrogen-bond donors (Lipinski definition) is 1. The van der Waals surface area contributed by atoms with E-state index in [2.05, 4.69) is 15.5 Å². The fourth-order valence-electron chi connectivity index (χ4n) is 3.84. The van der Waals surface area contributed by atoms with E-state index in [0.29, 0.717) is 38.0 Å². The number of carbonyl (C=O) groups is 1. The average molecular weight is 563 g/mol. The summed E-state index contributed by atoms with van der Waals surface area (Å²) in [5.74, 6) is 0.499. The number of carbonyl (C=O) groups excluding carboxylic acids is 1. The van der Waals surface area contributed by atoms with Crippen molar-refractivity contribution >= 4 is 40.9 Å². The zero-order valence-electron chi connectivity index (χ0n) is 19.9. The molecule has 1 amide bonds. The molecule has 0 saturated carbocycles. The Morgan fingerprint density at radius 1 is 0.868 bits per heavy atom. The smallest absolute Gasteiger partial charge is 0.251 e. The third kappa shape index (κ3) is 6.07. The maximum Gasteiger partial charge on any atom is 0.251 e. The molecule has 0 aliphatic rings. The van der Waals surface area contributed by atoms with E-state index in [4.69, 9.17) is 23.2 Å². The Morgan fingerprint density at radius 3 is 2.32 bits per heavy atom. The van der Waals surface area contributed by atoms with Gasteiger partial charge in [0, 0.05) is 16.3 Å². The van der Waals surface area contributed by atoms with Crippen molar-refractivity contribution in [1.82, 2.24) is 20.1 Å². The minimum Gasteiger partial charge on any atom is -0.345 e. The molecular formula is C29H21Cl2FN4OS. The van der Waals surface area contributed by atoms with Gasteiger partial charge in [-0.05, 0) is 59.2 Å². The molecule has 5 aromatic rings. The van der Waals surface area contributed by atoms with Crippen molar-refractivity contribution in [1.29, 1.82) is 0 Å². The summed E-state index contributed by atoms with van der Waals surface area (Å²) in [7, 11) is 0. The first-order chi connectivity index (χ1) is 18.5. The molecule has 190 valence electrons.